The van der Waals surface area contributed by atoms with Gasteiger partial charge in [0.15, 0.2) is 6.29 Å². The molecule has 0 bridgehead atoms. The van der Waals surface area contributed by atoms with Gasteiger partial charge in [-0.1, -0.05) is 0 Å². The zero-order chi connectivity index (χ0) is 8.43. The second-order valence-corrected chi connectivity index (χ2v) is 2.81. The zero-order valence-corrected chi connectivity index (χ0v) is 6.73. The standard InChI is InChI=1S/C7H14O4/c1-4(8)7-5(9)3-6(10-2)11-7/h4-9H,3H2,1-2H3/t4-,5-,6?,7-/m1/s1. The maximum absolute atomic E-state index is 9.30. The van der Waals surface area contributed by atoms with E-state index in [9.17, 15) is 5.11 Å². The highest BCUT2D eigenvalue weighted by Gasteiger charge is 2.36. The summed E-state index contributed by atoms with van der Waals surface area (Å²) < 4.78 is 10.0. The van der Waals surface area contributed by atoms with Gasteiger partial charge in [-0.05, 0) is 6.92 Å². The normalized spacial score (nSPS) is 40.9. The van der Waals surface area contributed by atoms with Gasteiger partial charge in [0.1, 0.15) is 6.10 Å². The molecule has 1 unspecified atom stereocenters. The largest absolute Gasteiger partial charge is 0.391 e. The van der Waals surface area contributed by atoms with E-state index in [0.717, 1.165) is 0 Å². The first-order chi connectivity index (χ1) is 5.15. The molecule has 66 valence electrons. The van der Waals surface area contributed by atoms with E-state index in [0.29, 0.717) is 6.42 Å². The summed E-state index contributed by atoms with van der Waals surface area (Å²) in [5, 5.41) is 18.4. The Morgan fingerprint density at radius 1 is 1.64 bits per heavy atom. The van der Waals surface area contributed by atoms with Crippen molar-refractivity contribution in [3.63, 3.8) is 0 Å². The first-order valence-electron chi connectivity index (χ1n) is 3.69. The Labute approximate surface area is 65.7 Å². The number of methoxy groups -OCH3 is 1. The molecule has 1 aliphatic heterocycles. The fraction of sp³-hybridized carbons (Fsp3) is 1.00. The topological polar surface area (TPSA) is 58.9 Å². The van der Waals surface area contributed by atoms with E-state index in [1.54, 1.807) is 6.92 Å². The summed E-state index contributed by atoms with van der Waals surface area (Å²) in [4.78, 5) is 0. The Morgan fingerprint density at radius 2 is 2.27 bits per heavy atom. The SMILES string of the molecule is COC1C[C@@H](O)[C@@H]([C@@H](C)O)O1. The quantitative estimate of drug-likeness (QED) is 0.574. The van der Waals surface area contributed by atoms with Crippen LogP contribution in [0.4, 0.5) is 0 Å². The molecule has 1 aliphatic rings. The summed E-state index contributed by atoms with van der Waals surface area (Å²) in [5.74, 6) is 0. The van der Waals surface area contributed by atoms with Crippen molar-refractivity contribution in [2.75, 3.05) is 7.11 Å². The highest BCUT2D eigenvalue weighted by molar-refractivity contribution is 4.81. The molecule has 4 nitrogen and oxygen atoms in total. The van der Waals surface area contributed by atoms with Gasteiger partial charge in [0, 0.05) is 13.5 Å². The molecule has 0 saturated carbocycles. The average Bonchev–Trinajstić information content (AvgIpc) is 2.30. The van der Waals surface area contributed by atoms with Crippen LogP contribution >= 0.6 is 0 Å². The minimum atomic E-state index is -0.648. The summed E-state index contributed by atoms with van der Waals surface area (Å²) in [6.45, 7) is 1.59. The molecule has 0 spiro atoms. The van der Waals surface area contributed by atoms with E-state index in [-0.39, 0.29) is 6.29 Å². The van der Waals surface area contributed by atoms with Crippen molar-refractivity contribution in [1.82, 2.24) is 0 Å². The summed E-state index contributed by atoms with van der Waals surface area (Å²) in [7, 11) is 1.52. The molecule has 2 N–H and O–H groups in total. The number of aliphatic hydroxyl groups excluding tert-OH is 2. The van der Waals surface area contributed by atoms with Crippen molar-refractivity contribution in [3.8, 4) is 0 Å². The van der Waals surface area contributed by atoms with Gasteiger partial charge in [0.25, 0.3) is 0 Å². The highest BCUT2D eigenvalue weighted by Crippen LogP contribution is 2.22. The fourth-order valence-corrected chi connectivity index (χ4v) is 1.24. The van der Waals surface area contributed by atoms with Crippen molar-refractivity contribution in [1.29, 1.82) is 0 Å². The Balaban J connectivity index is 2.45. The zero-order valence-electron chi connectivity index (χ0n) is 6.73. The van der Waals surface area contributed by atoms with Gasteiger partial charge in [-0.2, -0.15) is 0 Å². The van der Waals surface area contributed by atoms with E-state index in [1.807, 2.05) is 0 Å². The summed E-state index contributed by atoms with van der Waals surface area (Å²) >= 11 is 0. The van der Waals surface area contributed by atoms with Gasteiger partial charge in [0.05, 0.1) is 12.2 Å². The molecule has 4 atom stereocenters. The number of hydrogen-bond acceptors (Lipinski definition) is 4. The lowest BCUT2D eigenvalue weighted by Gasteiger charge is -2.16. The van der Waals surface area contributed by atoms with Crippen molar-refractivity contribution in [2.24, 2.45) is 0 Å². The van der Waals surface area contributed by atoms with Crippen molar-refractivity contribution in [2.45, 2.75) is 37.9 Å². The Hall–Kier alpha value is -0.160. The third kappa shape index (κ3) is 1.90. The van der Waals surface area contributed by atoms with E-state index < -0.39 is 18.3 Å². The van der Waals surface area contributed by atoms with Crippen LogP contribution in [0.3, 0.4) is 0 Å². The maximum atomic E-state index is 9.30. The fourth-order valence-electron chi connectivity index (χ4n) is 1.24. The summed E-state index contributed by atoms with van der Waals surface area (Å²) in [6.07, 6.45) is -1.69. The summed E-state index contributed by atoms with van der Waals surface area (Å²) in [5.41, 5.74) is 0. The van der Waals surface area contributed by atoms with Gasteiger partial charge in [0.2, 0.25) is 0 Å². The van der Waals surface area contributed by atoms with Gasteiger partial charge in [-0.3, -0.25) is 0 Å². The highest BCUT2D eigenvalue weighted by atomic mass is 16.7. The molecule has 0 aromatic heterocycles. The second-order valence-electron chi connectivity index (χ2n) is 2.81. The molecule has 11 heavy (non-hydrogen) atoms. The Bertz CT molecular complexity index is 126. The second kappa shape index (κ2) is 3.49. The van der Waals surface area contributed by atoms with Gasteiger partial charge in [-0.15, -0.1) is 0 Å². The molecule has 0 aromatic rings. The number of hydrogen-bond donors (Lipinski definition) is 2. The van der Waals surface area contributed by atoms with E-state index in [4.69, 9.17) is 14.6 Å². The number of aliphatic hydroxyl groups is 2. The van der Waals surface area contributed by atoms with Crippen LogP contribution in [-0.4, -0.2) is 41.9 Å². The minimum absolute atomic E-state index is 0.371. The third-order valence-corrected chi connectivity index (χ3v) is 1.86. The van der Waals surface area contributed by atoms with E-state index >= 15 is 0 Å². The summed E-state index contributed by atoms with van der Waals surface area (Å²) in [6, 6.07) is 0. The monoisotopic (exact) mass is 162 g/mol. The van der Waals surface area contributed by atoms with Crippen LogP contribution in [0.25, 0.3) is 0 Å². The Morgan fingerprint density at radius 3 is 2.55 bits per heavy atom. The van der Waals surface area contributed by atoms with Crippen LogP contribution in [0.15, 0.2) is 0 Å². The molecular weight excluding hydrogens is 148 g/mol. The third-order valence-electron chi connectivity index (χ3n) is 1.86. The van der Waals surface area contributed by atoms with Gasteiger partial charge >= 0.3 is 0 Å². The number of ether oxygens (including phenoxy) is 2. The first-order valence-corrected chi connectivity index (χ1v) is 3.69. The van der Waals surface area contributed by atoms with Crippen molar-refractivity contribution < 1.29 is 19.7 Å². The smallest absolute Gasteiger partial charge is 0.160 e. The molecule has 1 heterocycles. The van der Waals surface area contributed by atoms with E-state index in [2.05, 4.69) is 0 Å². The molecule has 0 amide bonds. The molecule has 1 saturated heterocycles. The van der Waals surface area contributed by atoms with Crippen LogP contribution in [0, 0.1) is 0 Å². The molecule has 4 heteroatoms. The lowest BCUT2D eigenvalue weighted by molar-refractivity contribution is -0.141. The van der Waals surface area contributed by atoms with Crippen LogP contribution in [0.5, 0.6) is 0 Å². The molecule has 0 radical (unpaired) electrons. The lowest BCUT2D eigenvalue weighted by Crippen LogP contribution is -2.32. The maximum Gasteiger partial charge on any atom is 0.160 e. The van der Waals surface area contributed by atoms with Crippen LogP contribution in [0.2, 0.25) is 0 Å². The molecule has 1 rings (SSSR count). The first kappa shape index (κ1) is 8.93. The number of rotatable bonds is 2. The average molecular weight is 162 g/mol. The Kier molecular flexibility index (Phi) is 2.84. The minimum Gasteiger partial charge on any atom is -0.391 e. The molecule has 0 aromatic carbocycles. The van der Waals surface area contributed by atoms with Crippen molar-refractivity contribution in [3.05, 3.63) is 0 Å². The predicted molar refractivity (Wildman–Crippen MR) is 38.0 cm³/mol. The van der Waals surface area contributed by atoms with Gasteiger partial charge in [-0.25, -0.2) is 0 Å². The van der Waals surface area contributed by atoms with Crippen molar-refractivity contribution >= 4 is 0 Å². The molecular formula is C7H14O4. The lowest BCUT2D eigenvalue weighted by atomic mass is 10.1. The van der Waals surface area contributed by atoms with Crippen LogP contribution in [-0.2, 0) is 9.47 Å². The predicted octanol–water partition coefficient (Wildman–Crippen LogP) is -0.510. The van der Waals surface area contributed by atoms with Crippen LogP contribution in [0.1, 0.15) is 13.3 Å². The molecule has 1 fully saturated rings. The molecule has 0 aliphatic carbocycles. The van der Waals surface area contributed by atoms with Crippen LogP contribution < -0.4 is 0 Å². The van der Waals surface area contributed by atoms with Gasteiger partial charge < -0.3 is 19.7 Å². The van der Waals surface area contributed by atoms with E-state index in [1.165, 1.54) is 7.11 Å².